The van der Waals surface area contributed by atoms with Crippen molar-refractivity contribution >= 4 is 28.9 Å². The molecule has 2 aromatic rings. The monoisotopic (exact) mass is 395 g/mol. The highest BCUT2D eigenvalue weighted by molar-refractivity contribution is 6.31. The maximum Gasteiger partial charge on any atom is 0.289 e. The lowest BCUT2D eigenvalue weighted by atomic mass is 10.1. The van der Waals surface area contributed by atoms with Crippen molar-refractivity contribution in [3.63, 3.8) is 0 Å². The number of halogens is 1. The maximum atomic E-state index is 12.3. The Bertz CT molecular complexity index is 917. The summed E-state index contributed by atoms with van der Waals surface area (Å²) in [5.41, 5.74) is -0.962. The Morgan fingerprint density at radius 3 is 2.26 bits per heavy atom. The molecule has 0 bridgehead atoms. The summed E-state index contributed by atoms with van der Waals surface area (Å²) in [5, 5.41) is 24.7. The van der Waals surface area contributed by atoms with E-state index in [1.165, 1.54) is 20.3 Å². The van der Waals surface area contributed by atoms with E-state index < -0.39 is 27.1 Å². The number of carbonyl (C=O) groups excluding carboxylic acids is 1. The number of hydrogen-bond donors (Lipinski definition) is 1. The molecule has 0 spiro atoms. The molecule has 1 amide bonds. The lowest BCUT2D eigenvalue weighted by Crippen LogP contribution is -2.24. The van der Waals surface area contributed by atoms with Crippen LogP contribution in [-0.4, -0.2) is 30.0 Å². The number of carbonyl (C=O) groups is 1. The van der Waals surface area contributed by atoms with Crippen LogP contribution in [0.5, 0.6) is 11.5 Å². The summed E-state index contributed by atoms with van der Waals surface area (Å²) >= 11 is 6.13. The van der Waals surface area contributed by atoms with Crippen LogP contribution < -0.4 is 14.8 Å². The summed E-state index contributed by atoms with van der Waals surface area (Å²) < 4.78 is 10.3. The number of amides is 1. The van der Waals surface area contributed by atoms with Crippen molar-refractivity contribution in [2.75, 3.05) is 14.2 Å². The number of hydrogen-bond acceptors (Lipinski definition) is 7. The number of ether oxygens (including phenoxy) is 2. The Morgan fingerprint density at radius 1 is 1.07 bits per heavy atom. The Balaban J connectivity index is 2.26. The number of rotatable bonds is 7. The molecule has 2 rings (SSSR count). The van der Waals surface area contributed by atoms with E-state index in [0.29, 0.717) is 22.1 Å². The first-order chi connectivity index (χ1) is 12.8. The molecule has 11 heteroatoms. The van der Waals surface area contributed by atoms with Gasteiger partial charge in [0.1, 0.15) is 5.56 Å². The van der Waals surface area contributed by atoms with E-state index in [1.807, 2.05) is 0 Å². The van der Waals surface area contributed by atoms with E-state index in [0.717, 1.165) is 18.2 Å². The highest BCUT2D eigenvalue weighted by Crippen LogP contribution is 2.33. The van der Waals surface area contributed by atoms with Gasteiger partial charge < -0.3 is 14.8 Å². The van der Waals surface area contributed by atoms with Crippen LogP contribution in [-0.2, 0) is 6.54 Å². The molecule has 10 nitrogen and oxygen atoms in total. The van der Waals surface area contributed by atoms with E-state index in [2.05, 4.69) is 5.32 Å². The summed E-state index contributed by atoms with van der Waals surface area (Å²) in [7, 11) is 2.89. The van der Waals surface area contributed by atoms with E-state index in [4.69, 9.17) is 21.1 Å². The normalized spacial score (nSPS) is 10.2. The Hall–Kier alpha value is -3.40. The summed E-state index contributed by atoms with van der Waals surface area (Å²) in [4.78, 5) is 32.6. The van der Waals surface area contributed by atoms with Gasteiger partial charge in [0.15, 0.2) is 11.5 Å². The third kappa shape index (κ3) is 4.42. The Morgan fingerprint density at radius 2 is 1.70 bits per heavy atom. The van der Waals surface area contributed by atoms with Crippen LogP contribution in [0.25, 0.3) is 0 Å². The van der Waals surface area contributed by atoms with Gasteiger partial charge in [-0.05, 0) is 17.7 Å². The number of nitrogens with zero attached hydrogens (tertiary/aromatic N) is 2. The SMILES string of the molecule is COc1cc(Cl)c(CNC(=O)c2ccc([N+](=O)[O-])cc2[N+](=O)[O-])cc1OC. The maximum absolute atomic E-state index is 12.3. The standard InChI is InChI=1S/C16H14ClN3O7/c1-26-14-5-9(12(17)7-15(14)27-2)8-18-16(21)11-4-3-10(19(22)23)6-13(11)20(24)25/h3-7H,8H2,1-2H3,(H,18,21). The van der Waals surface area contributed by atoms with Crippen molar-refractivity contribution in [3.05, 3.63) is 66.7 Å². The van der Waals surface area contributed by atoms with Gasteiger partial charge in [-0.2, -0.15) is 0 Å². The number of nitrogens with one attached hydrogen (secondary N) is 1. The molecule has 1 N–H and O–H groups in total. The van der Waals surface area contributed by atoms with Crippen LogP contribution in [0, 0.1) is 20.2 Å². The quantitative estimate of drug-likeness (QED) is 0.562. The molecule has 0 saturated carbocycles. The highest BCUT2D eigenvalue weighted by Gasteiger charge is 2.24. The van der Waals surface area contributed by atoms with Gasteiger partial charge >= 0.3 is 0 Å². The van der Waals surface area contributed by atoms with Crippen LogP contribution in [0.1, 0.15) is 15.9 Å². The predicted octanol–water partition coefficient (Wildman–Crippen LogP) is 3.10. The second kappa shape index (κ2) is 8.32. The molecular weight excluding hydrogens is 382 g/mol. The van der Waals surface area contributed by atoms with Crippen molar-refractivity contribution in [2.24, 2.45) is 0 Å². The predicted molar refractivity (Wildman–Crippen MR) is 95.5 cm³/mol. The molecule has 0 unspecified atom stereocenters. The molecule has 0 aliphatic carbocycles. The van der Waals surface area contributed by atoms with E-state index in [-0.39, 0.29) is 12.1 Å². The molecule has 142 valence electrons. The molecule has 27 heavy (non-hydrogen) atoms. The van der Waals surface area contributed by atoms with Crippen LogP contribution in [0.3, 0.4) is 0 Å². The third-order valence-corrected chi connectivity index (χ3v) is 3.98. The molecule has 0 aliphatic heterocycles. The van der Waals surface area contributed by atoms with Crippen LogP contribution >= 0.6 is 11.6 Å². The molecule has 0 aliphatic rings. The number of methoxy groups -OCH3 is 2. The fourth-order valence-corrected chi connectivity index (χ4v) is 2.50. The van der Waals surface area contributed by atoms with Crippen molar-refractivity contribution < 1.29 is 24.1 Å². The van der Waals surface area contributed by atoms with Crippen molar-refractivity contribution in [2.45, 2.75) is 6.54 Å². The first-order valence-corrected chi connectivity index (χ1v) is 7.77. The van der Waals surface area contributed by atoms with Gasteiger partial charge in [-0.1, -0.05) is 11.6 Å². The van der Waals surface area contributed by atoms with Gasteiger partial charge in [0.2, 0.25) is 0 Å². The van der Waals surface area contributed by atoms with Crippen LogP contribution in [0.2, 0.25) is 5.02 Å². The van der Waals surface area contributed by atoms with Crippen LogP contribution in [0.4, 0.5) is 11.4 Å². The molecule has 0 radical (unpaired) electrons. The van der Waals surface area contributed by atoms with E-state index >= 15 is 0 Å². The molecule has 0 heterocycles. The molecular formula is C16H14ClN3O7. The second-order valence-electron chi connectivity index (χ2n) is 5.20. The minimum atomic E-state index is -0.856. The smallest absolute Gasteiger partial charge is 0.289 e. The van der Waals surface area contributed by atoms with Gasteiger partial charge in [-0.15, -0.1) is 0 Å². The number of benzene rings is 2. The lowest BCUT2D eigenvalue weighted by Gasteiger charge is -2.12. The Kier molecular flexibility index (Phi) is 6.14. The molecule has 0 saturated heterocycles. The zero-order valence-corrected chi connectivity index (χ0v) is 15.0. The van der Waals surface area contributed by atoms with Gasteiger partial charge in [-0.3, -0.25) is 25.0 Å². The van der Waals surface area contributed by atoms with Gasteiger partial charge in [0.05, 0.1) is 30.1 Å². The molecule has 0 atom stereocenters. The summed E-state index contributed by atoms with van der Waals surface area (Å²) in [6.45, 7) is -0.0494. The first-order valence-electron chi connectivity index (χ1n) is 7.40. The third-order valence-electron chi connectivity index (χ3n) is 3.63. The first kappa shape index (κ1) is 19.9. The molecule has 2 aromatic carbocycles. The fourth-order valence-electron chi connectivity index (χ4n) is 2.28. The summed E-state index contributed by atoms with van der Waals surface area (Å²) in [5.74, 6) is 0.0264. The molecule has 0 aromatic heterocycles. The highest BCUT2D eigenvalue weighted by atomic mass is 35.5. The molecule has 0 fully saturated rings. The van der Waals surface area contributed by atoms with Gasteiger partial charge in [0, 0.05) is 23.7 Å². The van der Waals surface area contributed by atoms with Gasteiger partial charge in [0.25, 0.3) is 17.3 Å². The zero-order chi connectivity index (χ0) is 20.1. The van der Waals surface area contributed by atoms with Crippen LogP contribution in [0.15, 0.2) is 30.3 Å². The summed E-state index contributed by atoms with van der Waals surface area (Å²) in [6.07, 6.45) is 0. The summed E-state index contributed by atoms with van der Waals surface area (Å²) in [6, 6.07) is 5.85. The van der Waals surface area contributed by atoms with Crippen molar-refractivity contribution in [1.82, 2.24) is 5.32 Å². The van der Waals surface area contributed by atoms with Crippen molar-refractivity contribution in [3.8, 4) is 11.5 Å². The number of non-ortho nitro benzene ring substituents is 1. The second-order valence-corrected chi connectivity index (χ2v) is 5.60. The lowest BCUT2D eigenvalue weighted by molar-refractivity contribution is -0.394. The average Bonchev–Trinajstić information content (AvgIpc) is 2.65. The van der Waals surface area contributed by atoms with E-state index in [9.17, 15) is 25.0 Å². The minimum absolute atomic E-state index is 0.0494. The number of nitro benzene ring substituents is 2. The van der Waals surface area contributed by atoms with E-state index in [1.54, 1.807) is 6.07 Å². The average molecular weight is 396 g/mol. The van der Waals surface area contributed by atoms with Gasteiger partial charge in [-0.25, -0.2) is 0 Å². The topological polar surface area (TPSA) is 134 Å². The largest absolute Gasteiger partial charge is 0.493 e. The fraction of sp³-hybridized carbons (Fsp3) is 0.188. The van der Waals surface area contributed by atoms with Crippen molar-refractivity contribution in [1.29, 1.82) is 0 Å². The zero-order valence-electron chi connectivity index (χ0n) is 14.2. The Labute approximate surface area is 157 Å². The minimum Gasteiger partial charge on any atom is -0.493 e. The number of nitro groups is 2.